The Morgan fingerprint density at radius 3 is 2.58 bits per heavy atom. The quantitative estimate of drug-likeness (QED) is 0.793. The molecule has 0 spiro atoms. The Kier molecular flexibility index (Phi) is 5.57. The van der Waals surface area contributed by atoms with Crippen molar-refractivity contribution in [1.29, 1.82) is 0 Å². The highest BCUT2D eigenvalue weighted by Crippen LogP contribution is 2.29. The van der Waals surface area contributed by atoms with Gasteiger partial charge in [-0.15, -0.1) is 0 Å². The molecular weight excluding hydrogens is 328 g/mol. The molecule has 2 N–H and O–H groups in total. The molecule has 0 aliphatic rings. The standard InChI is InChI=1S/C18H19ClN2O3/c1-4-6-12-10(2)9-14(18(23)24)15(11(12)3)21-17(22)13-7-5-8-20-16(13)19/h5,7-9H,4,6H2,1-3H3,(H,21,22)(H,23,24). The van der Waals surface area contributed by atoms with Crippen LogP contribution in [0.15, 0.2) is 24.4 Å². The van der Waals surface area contributed by atoms with Crippen molar-refractivity contribution in [3.63, 3.8) is 0 Å². The van der Waals surface area contributed by atoms with Gasteiger partial charge in [-0.3, -0.25) is 4.79 Å². The topological polar surface area (TPSA) is 79.3 Å². The summed E-state index contributed by atoms with van der Waals surface area (Å²) in [5.41, 5.74) is 3.30. The van der Waals surface area contributed by atoms with Gasteiger partial charge in [0, 0.05) is 6.20 Å². The number of carbonyl (C=O) groups is 2. The first-order chi connectivity index (χ1) is 11.4. The lowest BCUT2D eigenvalue weighted by molar-refractivity contribution is 0.0698. The van der Waals surface area contributed by atoms with Crippen LogP contribution in [0.25, 0.3) is 0 Å². The van der Waals surface area contributed by atoms with Crippen LogP contribution in [-0.4, -0.2) is 22.0 Å². The lowest BCUT2D eigenvalue weighted by Crippen LogP contribution is -2.18. The second-order valence-electron chi connectivity index (χ2n) is 5.57. The average molecular weight is 347 g/mol. The molecule has 2 aromatic rings. The Hall–Kier alpha value is -2.40. The van der Waals surface area contributed by atoms with E-state index >= 15 is 0 Å². The van der Waals surface area contributed by atoms with Crippen molar-refractivity contribution in [3.05, 3.63) is 57.4 Å². The van der Waals surface area contributed by atoms with Crippen LogP contribution in [0, 0.1) is 13.8 Å². The fourth-order valence-corrected chi connectivity index (χ4v) is 2.93. The van der Waals surface area contributed by atoms with Crippen molar-refractivity contribution < 1.29 is 14.7 Å². The summed E-state index contributed by atoms with van der Waals surface area (Å²) in [6.45, 7) is 5.76. The predicted octanol–water partition coefficient (Wildman–Crippen LogP) is 4.25. The molecule has 0 saturated heterocycles. The first-order valence-corrected chi connectivity index (χ1v) is 8.02. The summed E-state index contributed by atoms with van der Waals surface area (Å²) in [5, 5.41) is 12.3. The minimum atomic E-state index is -1.09. The lowest BCUT2D eigenvalue weighted by Gasteiger charge is -2.18. The van der Waals surface area contributed by atoms with E-state index in [-0.39, 0.29) is 16.3 Å². The fraction of sp³-hybridized carbons (Fsp3) is 0.278. The molecule has 24 heavy (non-hydrogen) atoms. The number of aromatic nitrogens is 1. The number of halogens is 1. The predicted molar refractivity (Wildman–Crippen MR) is 94.1 cm³/mol. The summed E-state index contributed by atoms with van der Waals surface area (Å²) in [7, 11) is 0. The van der Waals surface area contributed by atoms with E-state index in [2.05, 4.69) is 17.2 Å². The molecular formula is C18H19ClN2O3. The molecule has 0 radical (unpaired) electrons. The number of carboxylic acids is 1. The molecule has 0 atom stereocenters. The normalized spacial score (nSPS) is 10.5. The molecule has 1 amide bonds. The number of anilines is 1. The molecule has 1 aromatic heterocycles. The number of carboxylic acid groups (broad SMARTS) is 1. The van der Waals surface area contributed by atoms with Crippen molar-refractivity contribution >= 4 is 29.2 Å². The van der Waals surface area contributed by atoms with Crippen LogP contribution >= 0.6 is 11.6 Å². The van der Waals surface area contributed by atoms with Gasteiger partial charge in [0.25, 0.3) is 5.91 Å². The second-order valence-corrected chi connectivity index (χ2v) is 5.93. The van der Waals surface area contributed by atoms with Crippen LogP contribution in [0.5, 0.6) is 0 Å². The van der Waals surface area contributed by atoms with Crippen LogP contribution in [0.3, 0.4) is 0 Å². The van der Waals surface area contributed by atoms with E-state index in [1.165, 1.54) is 6.20 Å². The third kappa shape index (κ3) is 3.57. The van der Waals surface area contributed by atoms with E-state index in [1.54, 1.807) is 18.2 Å². The van der Waals surface area contributed by atoms with Crippen LogP contribution < -0.4 is 5.32 Å². The number of nitrogens with zero attached hydrogens (tertiary/aromatic N) is 1. The molecule has 0 aliphatic heterocycles. The first-order valence-electron chi connectivity index (χ1n) is 7.65. The van der Waals surface area contributed by atoms with E-state index < -0.39 is 11.9 Å². The minimum absolute atomic E-state index is 0.0678. The maximum Gasteiger partial charge on any atom is 0.337 e. The number of hydrogen-bond donors (Lipinski definition) is 2. The third-order valence-corrected chi connectivity index (χ3v) is 4.21. The zero-order valence-corrected chi connectivity index (χ0v) is 14.6. The number of carbonyl (C=O) groups excluding carboxylic acids is 1. The van der Waals surface area contributed by atoms with E-state index in [9.17, 15) is 14.7 Å². The van der Waals surface area contributed by atoms with E-state index in [4.69, 9.17) is 11.6 Å². The molecule has 126 valence electrons. The van der Waals surface area contributed by atoms with Gasteiger partial charge in [-0.25, -0.2) is 9.78 Å². The number of aryl methyl sites for hydroxylation is 1. The Morgan fingerprint density at radius 1 is 1.29 bits per heavy atom. The fourth-order valence-electron chi connectivity index (χ4n) is 2.73. The van der Waals surface area contributed by atoms with Gasteiger partial charge in [0.2, 0.25) is 0 Å². The number of benzene rings is 1. The largest absolute Gasteiger partial charge is 0.478 e. The maximum absolute atomic E-state index is 12.5. The molecule has 5 nitrogen and oxygen atoms in total. The van der Waals surface area contributed by atoms with E-state index in [0.29, 0.717) is 5.69 Å². The smallest absolute Gasteiger partial charge is 0.337 e. The van der Waals surface area contributed by atoms with Gasteiger partial charge in [0.05, 0.1) is 16.8 Å². The summed E-state index contributed by atoms with van der Waals surface area (Å²) < 4.78 is 0. The highest BCUT2D eigenvalue weighted by Gasteiger charge is 2.20. The van der Waals surface area contributed by atoms with Crippen LogP contribution in [0.2, 0.25) is 5.15 Å². The number of nitrogens with one attached hydrogen (secondary N) is 1. The maximum atomic E-state index is 12.5. The highest BCUT2D eigenvalue weighted by molar-refractivity contribution is 6.33. The number of pyridine rings is 1. The molecule has 0 aliphatic carbocycles. The minimum Gasteiger partial charge on any atom is -0.478 e. The summed E-state index contributed by atoms with van der Waals surface area (Å²) in [4.78, 5) is 27.9. The molecule has 6 heteroatoms. The van der Waals surface area contributed by atoms with Crippen LogP contribution in [0.1, 0.15) is 50.8 Å². The average Bonchev–Trinajstić information content (AvgIpc) is 2.53. The number of aromatic carboxylic acids is 1. The van der Waals surface area contributed by atoms with Crippen LogP contribution in [-0.2, 0) is 6.42 Å². The van der Waals surface area contributed by atoms with Gasteiger partial charge < -0.3 is 10.4 Å². The van der Waals surface area contributed by atoms with Gasteiger partial charge in [-0.05, 0) is 55.2 Å². The Balaban J connectivity index is 2.52. The van der Waals surface area contributed by atoms with Gasteiger partial charge >= 0.3 is 5.97 Å². The van der Waals surface area contributed by atoms with Gasteiger partial charge in [-0.2, -0.15) is 0 Å². The molecule has 1 heterocycles. The van der Waals surface area contributed by atoms with Crippen molar-refractivity contribution in [2.45, 2.75) is 33.6 Å². The number of hydrogen-bond acceptors (Lipinski definition) is 3. The summed E-state index contributed by atoms with van der Waals surface area (Å²) in [6, 6.07) is 4.74. The molecule has 0 bridgehead atoms. The van der Waals surface area contributed by atoms with Gasteiger partial charge in [-0.1, -0.05) is 24.9 Å². The van der Waals surface area contributed by atoms with Crippen molar-refractivity contribution in [3.8, 4) is 0 Å². The Labute approximate surface area is 145 Å². The van der Waals surface area contributed by atoms with E-state index in [0.717, 1.165) is 29.5 Å². The first kappa shape index (κ1) is 17.9. The zero-order chi connectivity index (χ0) is 17.9. The summed E-state index contributed by atoms with van der Waals surface area (Å²) in [6.07, 6.45) is 3.22. The number of amides is 1. The summed E-state index contributed by atoms with van der Waals surface area (Å²) >= 11 is 5.95. The zero-order valence-electron chi connectivity index (χ0n) is 13.8. The number of rotatable bonds is 5. The lowest BCUT2D eigenvalue weighted by atomic mass is 9.93. The van der Waals surface area contributed by atoms with Crippen molar-refractivity contribution in [2.75, 3.05) is 5.32 Å². The summed E-state index contributed by atoms with van der Waals surface area (Å²) in [5.74, 6) is -1.57. The van der Waals surface area contributed by atoms with E-state index in [1.807, 2.05) is 13.8 Å². The highest BCUT2D eigenvalue weighted by atomic mass is 35.5. The molecule has 1 aromatic carbocycles. The van der Waals surface area contributed by atoms with Gasteiger partial charge in [0.1, 0.15) is 5.15 Å². The van der Waals surface area contributed by atoms with Crippen LogP contribution in [0.4, 0.5) is 5.69 Å². The van der Waals surface area contributed by atoms with Gasteiger partial charge in [0.15, 0.2) is 0 Å². The molecule has 0 saturated carbocycles. The molecule has 2 rings (SSSR count). The SMILES string of the molecule is CCCc1c(C)cc(C(=O)O)c(NC(=O)c2cccnc2Cl)c1C. The molecule has 0 unspecified atom stereocenters. The third-order valence-electron chi connectivity index (χ3n) is 3.91. The van der Waals surface area contributed by atoms with Crippen molar-refractivity contribution in [1.82, 2.24) is 4.98 Å². The second kappa shape index (κ2) is 7.45. The van der Waals surface area contributed by atoms with Crippen molar-refractivity contribution in [2.24, 2.45) is 0 Å². The molecule has 0 fully saturated rings. The Morgan fingerprint density at radius 2 is 2.00 bits per heavy atom. The Bertz CT molecular complexity index is 803. The monoisotopic (exact) mass is 346 g/mol.